The molecular formula is C51H92O12S. The second-order valence-electron chi connectivity index (χ2n) is 17.4. The van der Waals surface area contributed by atoms with Crippen LogP contribution in [-0.4, -0.2) is 97.5 Å². The number of hydrogen-bond acceptors (Lipinski definition) is 11. The van der Waals surface area contributed by atoms with E-state index in [9.17, 15) is 33.1 Å². The van der Waals surface area contributed by atoms with E-state index < -0.39 is 59.8 Å². The lowest BCUT2D eigenvalue weighted by Gasteiger charge is -2.41. The van der Waals surface area contributed by atoms with Crippen LogP contribution in [0.15, 0.2) is 48.6 Å². The van der Waals surface area contributed by atoms with E-state index in [1.165, 1.54) is 109 Å². The molecule has 0 aliphatic carbocycles. The zero-order valence-electron chi connectivity index (χ0n) is 40.1. The fraction of sp³-hybridized carbons (Fsp3) is 0.824. The molecule has 1 heterocycles. The predicted octanol–water partition coefficient (Wildman–Crippen LogP) is 11.5. The standard InChI is InChI=1S/C51H92O12S/c1-3-5-7-9-11-13-15-17-19-21-22-23-25-27-29-31-33-35-37-39-41-59-43-45(44-60-51-49(55)50(63-64(56,57)58)48(54)46(42-52)62-51)61-47(53)40-38-36-34-32-30-28-26-24-20-18-16-14-12-10-8-6-4-2/h6,8,12,14,18,20,26,28,45-46,48-52,54-55H,3-5,7,9-11,13,15-17,19,21-25,27,29-44H2,1-2H3,(H,56,57,58)/b8-6-,14-12-,20-18-,28-26-. The second-order valence-corrected chi connectivity index (χ2v) is 18.4. The highest BCUT2D eigenvalue weighted by molar-refractivity contribution is 7.80. The number of aliphatic hydroxyl groups is 3. The molecule has 0 aromatic rings. The number of aliphatic hydroxyl groups excluding tert-OH is 3. The van der Waals surface area contributed by atoms with Crippen molar-refractivity contribution in [1.82, 2.24) is 0 Å². The van der Waals surface area contributed by atoms with Crippen molar-refractivity contribution < 1.29 is 56.2 Å². The molecule has 12 nitrogen and oxygen atoms in total. The topological polar surface area (TPSA) is 178 Å². The number of esters is 1. The van der Waals surface area contributed by atoms with Gasteiger partial charge in [0.25, 0.3) is 0 Å². The lowest BCUT2D eigenvalue weighted by molar-refractivity contribution is -0.301. The van der Waals surface area contributed by atoms with Crippen LogP contribution in [0.2, 0.25) is 0 Å². The minimum atomic E-state index is -5.07. The smallest absolute Gasteiger partial charge is 0.397 e. The molecule has 0 bridgehead atoms. The highest BCUT2D eigenvalue weighted by atomic mass is 32.3. The van der Waals surface area contributed by atoms with Gasteiger partial charge in [-0.3, -0.25) is 9.35 Å². The Bertz CT molecular complexity index is 1300. The molecule has 64 heavy (non-hydrogen) atoms. The van der Waals surface area contributed by atoms with E-state index in [0.717, 1.165) is 70.6 Å². The van der Waals surface area contributed by atoms with Crippen molar-refractivity contribution in [2.75, 3.05) is 26.4 Å². The van der Waals surface area contributed by atoms with Crippen LogP contribution in [0.5, 0.6) is 0 Å². The van der Waals surface area contributed by atoms with Crippen LogP contribution < -0.4 is 0 Å². The number of rotatable bonds is 44. The molecule has 1 rings (SSSR count). The van der Waals surface area contributed by atoms with E-state index in [1.54, 1.807) is 0 Å². The summed E-state index contributed by atoms with van der Waals surface area (Å²) in [5.41, 5.74) is 0. The molecule has 6 atom stereocenters. The molecule has 4 N–H and O–H groups in total. The van der Waals surface area contributed by atoms with Crippen molar-refractivity contribution in [3.8, 4) is 0 Å². The van der Waals surface area contributed by atoms with Crippen LogP contribution in [-0.2, 0) is 38.3 Å². The molecule has 1 saturated heterocycles. The van der Waals surface area contributed by atoms with Gasteiger partial charge in [0.2, 0.25) is 0 Å². The summed E-state index contributed by atoms with van der Waals surface area (Å²) in [4.78, 5) is 12.9. The lowest BCUT2D eigenvalue weighted by Crippen LogP contribution is -2.60. The average molecular weight is 929 g/mol. The van der Waals surface area contributed by atoms with E-state index in [1.807, 2.05) is 0 Å². The van der Waals surface area contributed by atoms with Crippen molar-refractivity contribution in [3.63, 3.8) is 0 Å². The summed E-state index contributed by atoms with van der Waals surface area (Å²) in [6.45, 7) is 3.87. The third-order valence-electron chi connectivity index (χ3n) is 11.5. The first-order valence-electron chi connectivity index (χ1n) is 25.4. The number of allylic oxidation sites excluding steroid dienone is 8. The maximum absolute atomic E-state index is 12.9. The van der Waals surface area contributed by atoms with Crippen LogP contribution in [0, 0.1) is 0 Å². The second kappa shape index (κ2) is 42.4. The normalized spacial score (nSPS) is 20.1. The Hall–Kier alpha value is -1.94. The zero-order valence-corrected chi connectivity index (χ0v) is 40.9. The van der Waals surface area contributed by atoms with E-state index in [2.05, 4.69) is 66.6 Å². The lowest BCUT2D eigenvalue weighted by atomic mass is 9.99. The van der Waals surface area contributed by atoms with Gasteiger partial charge < -0.3 is 34.3 Å². The minimum absolute atomic E-state index is 0.0273. The van der Waals surface area contributed by atoms with Gasteiger partial charge in [-0.1, -0.05) is 197 Å². The first-order chi connectivity index (χ1) is 31.1. The van der Waals surface area contributed by atoms with Crippen molar-refractivity contribution in [2.24, 2.45) is 0 Å². The summed E-state index contributed by atoms with van der Waals surface area (Å²) < 4.78 is 59.2. The van der Waals surface area contributed by atoms with E-state index in [-0.39, 0.29) is 19.6 Å². The third kappa shape index (κ3) is 35.3. The first kappa shape index (κ1) is 60.1. The molecule has 1 fully saturated rings. The minimum Gasteiger partial charge on any atom is -0.457 e. The van der Waals surface area contributed by atoms with Gasteiger partial charge in [0.15, 0.2) is 6.29 Å². The Balaban J connectivity index is 2.37. The number of carbonyl (C=O) groups is 1. The summed E-state index contributed by atoms with van der Waals surface area (Å²) in [5, 5.41) is 30.7. The Morgan fingerprint density at radius 2 is 1.08 bits per heavy atom. The summed E-state index contributed by atoms with van der Waals surface area (Å²) >= 11 is 0. The fourth-order valence-corrected chi connectivity index (χ4v) is 8.17. The number of carbonyl (C=O) groups excluding carboxylic acids is 1. The van der Waals surface area contributed by atoms with Crippen LogP contribution in [0.25, 0.3) is 0 Å². The van der Waals surface area contributed by atoms with Crippen LogP contribution in [0.1, 0.15) is 206 Å². The number of unbranched alkanes of at least 4 members (excludes halogenated alkanes) is 23. The molecule has 374 valence electrons. The van der Waals surface area contributed by atoms with Gasteiger partial charge >= 0.3 is 16.4 Å². The van der Waals surface area contributed by atoms with E-state index >= 15 is 0 Å². The van der Waals surface area contributed by atoms with Gasteiger partial charge in [0.1, 0.15) is 30.5 Å². The van der Waals surface area contributed by atoms with Crippen molar-refractivity contribution in [3.05, 3.63) is 48.6 Å². The van der Waals surface area contributed by atoms with Crippen molar-refractivity contribution >= 4 is 16.4 Å². The molecule has 6 unspecified atom stereocenters. The Kier molecular flexibility index (Phi) is 39.8. The molecule has 1 aliphatic rings. The van der Waals surface area contributed by atoms with Crippen molar-refractivity contribution in [2.45, 2.75) is 243 Å². The predicted molar refractivity (Wildman–Crippen MR) is 257 cm³/mol. The van der Waals surface area contributed by atoms with Gasteiger partial charge in [-0.2, -0.15) is 8.42 Å². The summed E-state index contributed by atoms with van der Waals surface area (Å²) in [6, 6.07) is 0. The molecule has 0 radical (unpaired) electrons. The summed E-state index contributed by atoms with van der Waals surface area (Å²) in [7, 11) is -5.07. The highest BCUT2D eigenvalue weighted by Crippen LogP contribution is 2.26. The Morgan fingerprint density at radius 3 is 1.58 bits per heavy atom. The molecule has 0 aromatic heterocycles. The van der Waals surface area contributed by atoms with Gasteiger partial charge in [0, 0.05) is 13.0 Å². The van der Waals surface area contributed by atoms with Gasteiger partial charge in [-0.15, -0.1) is 0 Å². The molecule has 1 aliphatic heterocycles. The van der Waals surface area contributed by atoms with Crippen molar-refractivity contribution in [1.29, 1.82) is 0 Å². The van der Waals surface area contributed by atoms with E-state index in [0.29, 0.717) is 13.0 Å². The molecule has 0 saturated carbocycles. The molecule has 0 amide bonds. The number of ether oxygens (including phenoxy) is 4. The monoisotopic (exact) mass is 929 g/mol. The van der Waals surface area contributed by atoms with Crippen LogP contribution in [0.4, 0.5) is 0 Å². The SMILES string of the molecule is CC/C=C\C/C=C\C/C=C\C/C=C\CCCCCCC(=O)OC(COCCCCCCCCCCCCCCCCCCCCCC)COC1OC(CO)C(O)C(OS(=O)(=O)O)C1O. The highest BCUT2D eigenvalue weighted by Gasteiger charge is 2.48. The quantitative estimate of drug-likeness (QED) is 0.0197. The molecule has 0 aromatic carbocycles. The van der Waals surface area contributed by atoms with Gasteiger partial charge in [0.05, 0.1) is 19.8 Å². The fourth-order valence-electron chi connectivity index (χ4n) is 7.66. The van der Waals surface area contributed by atoms with Crippen LogP contribution in [0.3, 0.4) is 0 Å². The Labute approximate surface area is 389 Å². The zero-order chi connectivity index (χ0) is 46.8. The average Bonchev–Trinajstić information content (AvgIpc) is 3.27. The first-order valence-corrected chi connectivity index (χ1v) is 26.8. The maximum atomic E-state index is 12.9. The third-order valence-corrected chi connectivity index (χ3v) is 11.9. The Morgan fingerprint density at radius 1 is 0.609 bits per heavy atom. The van der Waals surface area contributed by atoms with Crippen LogP contribution >= 0.6 is 0 Å². The summed E-state index contributed by atoms with van der Waals surface area (Å²) in [5.74, 6) is -0.420. The maximum Gasteiger partial charge on any atom is 0.397 e. The molecule has 0 spiro atoms. The van der Waals surface area contributed by atoms with Gasteiger partial charge in [-0.05, 0) is 51.4 Å². The van der Waals surface area contributed by atoms with Gasteiger partial charge in [-0.25, -0.2) is 4.18 Å². The summed E-state index contributed by atoms with van der Waals surface area (Å²) in [6.07, 6.45) is 42.9. The number of hydrogen-bond donors (Lipinski definition) is 4. The van der Waals surface area contributed by atoms with E-state index in [4.69, 9.17) is 18.9 Å². The largest absolute Gasteiger partial charge is 0.457 e. The molecular weight excluding hydrogens is 837 g/mol. The molecule has 13 heteroatoms.